The van der Waals surface area contributed by atoms with Crippen LogP contribution < -0.4 is 10.6 Å². The van der Waals surface area contributed by atoms with Crippen LogP contribution in [0.25, 0.3) is 0 Å². The maximum atomic E-state index is 5.41. The average molecular weight is 347 g/mol. The van der Waals surface area contributed by atoms with Crippen molar-refractivity contribution in [2.24, 2.45) is 4.99 Å². The topological polar surface area (TPSA) is 58.5 Å². The van der Waals surface area contributed by atoms with Crippen molar-refractivity contribution in [2.45, 2.75) is 40.5 Å². The van der Waals surface area contributed by atoms with Gasteiger partial charge in [-0.05, 0) is 31.9 Å². The number of rotatable bonds is 7. The molecule has 5 nitrogen and oxygen atoms in total. The number of hydrogen-bond acceptors (Lipinski definition) is 4. The molecule has 0 bridgehead atoms. The Morgan fingerprint density at radius 2 is 1.79 bits per heavy atom. The van der Waals surface area contributed by atoms with Gasteiger partial charge in [-0.25, -0.2) is 4.98 Å². The third-order valence-electron chi connectivity index (χ3n) is 3.66. The number of aliphatic imine (C=N–C) groups is 1. The summed E-state index contributed by atoms with van der Waals surface area (Å²) in [6, 6.07) is 8.43. The number of hydrogen-bond donors (Lipinski definition) is 2. The molecule has 0 amide bonds. The van der Waals surface area contributed by atoms with Crippen molar-refractivity contribution in [3.8, 4) is 0 Å². The number of thiazole rings is 1. The molecule has 1 aromatic carbocycles. The highest BCUT2D eigenvalue weighted by Gasteiger charge is 2.05. The number of nitrogens with one attached hydrogen (secondary N) is 2. The fourth-order valence-electron chi connectivity index (χ4n) is 2.15. The Bertz CT molecular complexity index is 645. The second-order valence-corrected chi connectivity index (χ2v) is 6.77. The van der Waals surface area contributed by atoms with Crippen molar-refractivity contribution in [3.05, 3.63) is 51.0 Å². The Hall–Kier alpha value is -1.92. The first-order valence-electron chi connectivity index (χ1n) is 8.15. The Balaban J connectivity index is 1.80. The van der Waals surface area contributed by atoms with Crippen molar-refractivity contribution in [1.82, 2.24) is 15.6 Å². The number of aryl methyl sites for hydroxylation is 2. The van der Waals surface area contributed by atoms with Crippen LogP contribution in [0.4, 0.5) is 0 Å². The van der Waals surface area contributed by atoms with Crippen molar-refractivity contribution in [3.63, 3.8) is 0 Å². The fraction of sp³-hybridized carbons (Fsp3) is 0.444. The van der Waals surface area contributed by atoms with Crippen LogP contribution in [0.1, 0.15) is 33.6 Å². The van der Waals surface area contributed by atoms with E-state index in [0.717, 1.165) is 29.8 Å². The van der Waals surface area contributed by atoms with Crippen LogP contribution in [0.3, 0.4) is 0 Å². The summed E-state index contributed by atoms with van der Waals surface area (Å²) in [4.78, 5) is 10.1. The number of guanidine groups is 1. The van der Waals surface area contributed by atoms with Crippen molar-refractivity contribution in [1.29, 1.82) is 0 Å². The molecular formula is C18H26N4OS. The molecule has 0 aliphatic carbocycles. The molecule has 0 saturated heterocycles. The first kappa shape index (κ1) is 18.4. The number of benzene rings is 1. The third kappa shape index (κ3) is 5.62. The van der Waals surface area contributed by atoms with Gasteiger partial charge in [0.2, 0.25) is 0 Å². The van der Waals surface area contributed by atoms with E-state index in [0.29, 0.717) is 13.2 Å². The highest BCUT2D eigenvalue weighted by molar-refractivity contribution is 7.11. The van der Waals surface area contributed by atoms with E-state index in [2.05, 4.69) is 51.8 Å². The lowest BCUT2D eigenvalue weighted by Crippen LogP contribution is -2.36. The van der Waals surface area contributed by atoms with Gasteiger partial charge in [0.1, 0.15) is 5.01 Å². The van der Waals surface area contributed by atoms with E-state index in [1.165, 1.54) is 16.0 Å². The molecule has 2 N–H and O–H groups in total. The molecule has 0 aliphatic rings. The van der Waals surface area contributed by atoms with E-state index in [1.54, 1.807) is 18.4 Å². The van der Waals surface area contributed by atoms with Crippen LogP contribution in [0.2, 0.25) is 0 Å². The molecule has 130 valence electrons. The summed E-state index contributed by atoms with van der Waals surface area (Å²) in [5, 5.41) is 7.70. The molecule has 0 fully saturated rings. The van der Waals surface area contributed by atoms with Gasteiger partial charge in [0.25, 0.3) is 0 Å². The normalized spacial score (nSPS) is 11.6. The molecule has 1 heterocycles. The molecule has 0 radical (unpaired) electrons. The summed E-state index contributed by atoms with van der Waals surface area (Å²) in [6.45, 7) is 8.96. The van der Waals surface area contributed by atoms with E-state index in [4.69, 9.17) is 4.74 Å². The van der Waals surface area contributed by atoms with Crippen LogP contribution >= 0.6 is 11.3 Å². The lowest BCUT2D eigenvalue weighted by molar-refractivity contribution is 0.134. The predicted octanol–water partition coefficient (Wildman–Crippen LogP) is 3.16. The molecule has 0 aliphatic heterocycles. The first-order valence-corrected chi connectivity index (χ1v) is 8.97. The Labute approximate surface area is 148 Å². The van der Waals surface area contributed by atoms with Crippen LogP contribution in [0.15, 0.2) is 29.3 Å². The lowest BCUT2D eigenvalue weighted by Gasteiger charge is -2.11. The van der Waals surface area contributed by atoms with E-state index < -0.39 is 0 Å². The highest BCUT2D eigenvalue weighted by Crippen LogP contribution is 2.15. The summed E-state index contributed by atoms with van der Waals surface area (Å²) >= 11 is 1.72. The molecule has 0 saturated carbocycles. The second-order valence-electron chi connectivity index (χ2n) is 5.48. The Morgan fingerprint density at radius 3 is 2.38 bits per heavy atom. The summed E-state index contributed by atoms with van der Waals surface area (Å²) < 4.78 is 5.41. The molecule has 0 spiro atoms. The average Bonchev–Trinajstić information content (AvgIpc) is 2.92. The van der Waals surface area contributed by atoms with Crippen LogP contribution in [0, 0.1) is 13.8 Å². The van der Waals surface area contributed by atoms with Gasteiger partial charge in [-0.2, -0.15) is 0 Å². The Morgan fingerprint density at radius 1 is 1.12 bits per heavy atom. The summed E-state index contributed by atoms with van der Waals surface area (Å²) in [5.41, 5.74) is 3.50. The van der Waals surface area contributed by atoms with Gasteiger partial charge in [0.05, 0.1) is 18.8 Å². The molecule has 24 heavy (non-hydrogen) atoms. The van der Waals surface area contributed by atoms with Gasteiger partial charge in [-0.3, -0.25) is 4.99 Å². The molecule has 0 unspecified atom stereocenters. The number of nitrogens with zero attached hydrogens (tertiary/aromatic N) is 2. The largest absolute Gasteiger partial charge is 0.377 e. The fourth-order valence-corrected chi connectivity index (χ4v) is 3.03. The van der Waals surface area contributed by atoms with E-state index in [-0.39, 0.29) is 0 Å². The summed E-state index contributed by atoms with van der Waals surface area (Å²) in [6.07, 6.45) is 0. The summed E-state index contributed by atoms with van der Waals surface area (Å²) in [7, 11) is 1.78. The van der Waals surface area contributed by atoms with E-state index >= 15 is 0 Å². The van der Waals surface area contributed by atoms with Crippen LogP contribution in [-0.2, 0) is 24.4 Å². The Kier molecular flexibility index (Phi) is 7.21. The maximum Gasteiger partial charge on any atom is 0.191 e. The zero-order valence-corrected chi connectivity index (χ0v) is 15.7. The minimum Gasteiger partial charge on any atom is -0.377 e. The molecular weight excluding hydrogens is 320 g/mol. The zero-order valence-electron chi connectivity index (χ0n) is 14.8. The minimum absolute atomic E-state index is 0.667. The van der Waals surface area contributed by atoms with Crippen LogP contribution in [0.5, 0.6) is 0 Å². The van der Waals surface area contributed by atoms with Gasteiger partial charge in [0.15, 0.2) is 5.96 Å². The summed E-state index contributed by atoms with van der Waals surface area (Å²) in [5.74, 6) is 0.777. The van der Waals surface area contributed by atoms with Crippen molar-refractivity contribution < 1.29 is 4.74 Å². The maximum absolute atomic E-state index is 5.41. The molecule has 2 aromatic rings. The lowest BCUT2D eigenvalue weighted by atomic mass is 10.1. The standard InChI is InChI=1S/C18H26N4OS/c1-5-23-12-16-8-6-15(7-9-16)10-20-18(19-4)21-11-17-22-13(2)14(3)24-17/h6-9H,5,10-12H2,1-4H3,(H2,19,20,21). The predicted molar refractivity (Wildman–Crippen MR) is 100 cm³/mol. The zero-order chi connectivity index (χ0) is 17.4. The molecule has 6 heteroatoms. The second kappa shape index (κ2) is 9.39. The van der Waals surface area contributed by atoms with Gasteiger partial charge >= 0.3 is 0 Å². The van der Waals surface area contributed by atoms with Crippen molar-refractivity contribution >= 4 is 17.3 Å². The van der Waals surface area contributed by atoms with E-state index in [9.17, 15) is 0 Å². The number of aromatic nitrogens is 1. The third-order valence-corrected chi connectivity index (χ3v) is 4.73. The van der Waals surface area contributed by atoms with Gasteiger partial charge < -0.3 is 15.4 Å². The highest BCUT2D eigenvalue weighted by atomic mass is 32.1. The van der Waals surface area contributed by atoms with Gasteiger partial charge in [0, 0.05) is 25.1 Å². The monoisotopic (exact) mass is 346 g/mol. The molecule has 2 rings (SSSR count). The van der Waals surface area contributed by atoms with Gasteiger partial charge in [-0.15, -0.1) is 11.3 Å². The van der Waals surface area contributed by atoms with Crippen LogP contribution in [-0.4, -0.2) is 24.6 Å². The first-order chi connectivity index (χ1) is 11.6. The SMILES string of the molecule is CCOCc1ccc(CNC(=NC)NCc2nc(C)c(C)s2)cc1. The number of ether oxygens (including phenoxy) is 1. The van der Waals surface area contributed by atoms with Crippen molar-refractivity contribution in [2.75, 3.05) is 13.7 Å². The molecule has 0 atom stereocenters. The van der Waals surface area contributed by atoms with E-state index in [1.807, 2.05) is 13.8 Å². The quantitative estimate of drug-likeness (QED) is 0.597. The molecule has 1 aromatic heterocycles. The minimum atomic E-state index is 0.667. The van der Waals surface area contributed by atoms with Gasteiger partial charge in [-0.1, -0.05) is 24.3 Å². The smallest absolute Gasteiger partial charge is 0.191 e.